The summed E-state index contributed by atoms with van der Waals surface area (Å²) in [5.74, 6) is -5.52. The van der Waals surface area contributed by atoms with Gasteiger partial charge < -0.3 is 24.6 Å². The maximum Gasteiger partial charge on any atom is 0.295 e. The van der Waals surface area contributed by atoms with Crippen molar-refractivity contribution in [2.75, 3.05) is 39.7 Å². The average Bonchev–Trinajstić information content (AvgIpc) is 3.73. The minimum atomic E-state index is -5.57. The zero-order chi connectivity index (χ0) is 51.3. The number of aromatic hydroxyl groups is 1. The van der Waals surface area contributed by atoms with E-state index >= 15 is 4.79 Å². The maximum atomic E-state index is 15.1. The number of nitrogens with one attached hydrogen (secondary N) is 1. The molecule has 0 atom stereocenters. The Morgan fingerprint density at radius 2 is 1.24 bits per heavy atom. The highest BCUT2D eigenvalue weighted by atomic mass is 35.5. The molecule has 6 aromatic carbocycles. The summed E-state index contributed by atoms with van der Waals surface area (Å²) in [4.78, 5) is 70.8. The number of phenols is 1. The number of carbonyl (C=O) groups is 5. The topological polar surface area (TPSA) is 268 Å². The molecular formula is C48H41ClN6O14S2. The van der Waals surface area contributed by atoms with Crippen molar-refractivity contribution in [1.29, 1.82) is 0 Å². The molecule has 0 aromatic heterocycles. The minimum absolute atomic E-state index is 0.0124. The fraction of sp³-hybridized carbons (Fsp3) is 0.188. The summed E-state index contributed by atoms with van der Waals surface area (Å²) in [6, 6.07) is 20.3. The van der Waals surface area contributed by atoms with E-state index < -0.39 is 101 Å². The van der Waals surface area contributed by atoms with Gasteiger partial charge in [-0.25, -0.2) is 8.42 Å². The van der Waals surface area contributed by atoms with Gasteiger partial charge in [0.15, 0.2) is 5.75 Å². The lowest BCUT2D eigenvalue weighted by molar-refractivity contribution is 0.0625. The van der Waals surface area contributed by atoms with Crippen LogP contribution in [0.25, 0.3) is 10.8 Å². The molecule has 2 heterocycles. The molecule has 0 spiro atoms. The molecule has 23 heteroatoms. The number of azo groups is 1. The first-order valence-corrected chi connectivity index (χ1v) is 24.6. The fourth-order valence-electron chi connectivity index (χ4n) is 8.52. The summed E-state index contributed by atoms with van der Waals surface area (Å²) in [6.07, 6.45) is 0. The third-order valence-corrected chi connectivity index (χ3v) is 15.2. The molecular weight excluding hydrogens is 984 g/mol. The summed E-state index contributed by atoms with van der Waals surface area (Å²) < 4.78 is 84.1. The average molecular weight is 1030 g/mol. The number of rotatable bonds is 16. The Bertz CT molecular complexity index is 3480. The zero-order valence-corrected chi connectivity index (χ0v) is 40.6. The number of imide groups is 2. The van der Waals surface area contributed by atoms with Gasteiger partial charge in [0.25, 0.3) is 39.7 Å². The van der Waals surface area contributed by atoms with Crippen LogP contribution in [0.1, 0.15) is 76.8 Å². The van der Waals surface area contributed by atoms with Gasteiger partial charge in [0, 0.05) is 29.9 Å². The monoisotopic (exact) mass is 1020 g/mol. The first-order valence-electron chi connectivity index (χ1n) is 21.3. The lowest BCUT2D eigenvalue weighted by atomic mass is 9.93. The van der Waals surface area contributed by atoms with E-state index in [0.717, 1.165) is 17.0 Å². The van der Waals surface area contributed by atoms with Crippen LogP contribution < -0.4 is 19.5 Å². The predicted octanol–water partition coefficient (Wildman–Crippen LogP) is 7.76. The molecule has 2 aliphatic heterocycles. The molecule has 3 N–H and O–H groups in total. The molecule has 366 valence electrons. The molecule has 0 aliphatic carbocycles. The summed E-state index contributed by atoms with van der Waals surface area (Å²) in [6.45, 7) is 1.82. The van der Waals surface area contributed by atoms with Gasteiger partial charge in [0.1, 0.15) is 33.5 Å². The number of carbonyl (C=O) groups excluding carboxylic acids is 5. The van der Waals surface area contributed by atoms with Crippen molar-refractivity contribution in [3.8, 4) is 23.0 Å². The number of phenolic OH excluding ortho intramolecular Hbond substituents is 1. The standard InChI is InChI=1S/C48H41ClN6O14S2/c1-6-53(7-2)70(62,63)26-17-19-36(67-3)35(20-26)51-52-41-31-18-16-25(23-54-45(58)27-12-8-9-13-28(27)46(54)59)43(71(64,65)66)39(31)32(24-55-47(60)29-14-10-11-15-30(29)48(55)61)40(42(41)56)44(57)50-34-21-33(49)37(68-4)22-38(34)69-5/h8-22,56H,6-7,23-24H2,1-5H3,(H,50,57)(H,64,65,66). The largest absolute Gasteiger partial charge is 0.505 e. The molecule has 20 nitrogen and oxygen atoms in total. The van der Waals surface area contributed by atoms with E-state index in [9.17, 15) is 45.7 Å². The fourth-order valence-corrected chi connectivity index (χ4v) is 11.2. The molecule has 0 saturated carbocycles. The van der Waals surface area contributed by atoms with Crippen molar-refractivity contribution in [1.82, 2.24) is 14.1 Å². The lowest BCUT2D eigenvalue weighted by Gasteiger charge is -2.24. The van der Waals surface area contributed by atoms with Crippen molar-refractivity contribution in [3.05, 3.63) is 135 Å². The molecule has 6 aromatic rings. The van der Waals surface area contributed by atoms with Gasteiger partial charge in [-0.15, -0.1) is 10.2 Å². The number of halogens is 1. The van der Waals surface area contributed by atoms with Crippen molar-refractivity contribution in [3.63, 3.8) is 0 Å². The molecule has 0 saturated heterocycles. The molecule has 71 heavy (non-hydrogen) atoms. The second kappa shape index (κ2) is 19.2. The number of benzene rings is 6. The molecule has 0 bridgehead atoms. The first-order chi connectivity index (χ1) is 33.8. The van der Waals surface area contributed by atoms with Crippen LogP contribution in [0.5, 0.6) is 23.0 Å². The smallest absolute Gasteiger partial charge is 0.295 e. The van der Waals surface area contributed by atoms with Crippen LogP contribution in [-0.2, 0) is 33.2 Å². The van der Waals surface area contributed by atoms with Crippen LogP contribution in [0.15, 0.2) is 111 Å². The van der Waals surface area contributed by atoms with Crippen LogP contribution in [-0.4, -0.2) is 105 Å². The van der Waals surface area contributed by atoms with E-state index in [1.165, 1.54) is 104 Å². The maximum absolute atomic E-state index is 15.1. The molecule has 8 rings (SSSR count). The zero-order valence-electron chi connectivity index (χ0n) is 38.2. The quantitative estimate of drug-likeness (QED) is 0.0475. The molecule has 5 amide bonds. The van der Waals surface area contributed by atoms with E-state index in [-0.39, 0.29) is 79.3 Å². The Labute approximate surface area is 410 Å². The van der Waals surface area contributed by atoms with Gasteiger partial charge in [-0.05, 0) is 59.7 Å². The van der Waals surface area contributed by atoms with Crippen molar-refractivity contribution < 1.29 is 64.7 Å². The van der Waals surface area contributed by atoms with Gasteiger partial charge in [-0.1, -0.05) is 61.8 Å². The second-order valence-corrected chi connectivity index (χ2v) is 19.5. The van der Waals surface area contributed by atoms with Crippen LogP contribution in [0.2, 0.25) is 5.02 Å². The summed E-state index contributed by atoms with van der Waals surface area (Å²) in [5, 5.41) is 22.6. The molecule has 0 fully saturated rings. The molecule has 0 unspecified atom stereocenters. The highest BCUT2D eigenvalue weighted by Gasteiger charge is 2.40. The number of ether oxygens (including phenoxy) is 3. The van der Waals surface area contributed by atoms with E-state index in [1.54, 1.807) is 13.8 Å². The Morgan fingerprint density at radius 1 is 0.704 bits per heavy atom. The van der Waals surface area contributed by atoms with E-state index in [0.29, 0.717) is 4.90 Å². The summed E-state index contributed by atoms with van der Waals surface area (Å²) >= 11 is 6.46. The number of methoxy groups -OCH3 is 3. The van der Waals surface area contributed by atoms with Crippen LogP contribution in [0.4, 0.5) is 17.1 Å². The van der Waals surface area contributed by atoms with Crippen LogP contribution in [0.3, 0.4) is 0 Å². The third-order valence-electron chi connectivity index (χ3n) is 11.9. The molecule has 2 aliphatic rings. The van der Waals surface area contributed by atoms with E-state index in [1.807, 2.05) is 0 Å². The number of amides is 5. The number of fused-ring (bicyclic) bond motifs is 3. The highest BCUT2D eigenvalue weighted by molar-refractivity contribution is 7.89. The number of hydrogen-bond acceptors (Lipinski definition) is 15. The van der Waals surface area contributed by atoms with Crippen LogP contribution >= 0.6 is 11.6 Å². The van der Waals surface area contributed by atoms with Gasteiger partial charge in [-0.2, -0.15) is 12.7 Å². The Hall–Kier alpha value is -7.76. The highest BCUT2D eigenvalue weighted by Crippen LogP contribution is 2.48. The first kappa shape index (κ1) is 49.7. The Balaban J connectivity index is 1.44. The number of anilines is 1. The molecule has 0 radical (unpaired) electrons. The van der Waals surface area contributed by atoms with Gasteiger partial charge in [-0.3, -0.25) is 38.3 Å². The van der Waals surface area contributed by atoms with Crippen molar-refractivity contribution >= 4 is 89.1 Å². The normalized spacial score (nSPS) is 13.7. The summed E-state index contributed by atoms with van der Waals surface area (Å²) in [5.41, 5.74) is -2.82. The van der Waals surface area contributed by atoms with Crippen LogP contribution in [0, 0.1) is 0 Å². The summed E-state index contributed by atoms with van der Waals surface area (Å²) in [7, 11) is -5.81. The third kappa shape index (κ3) is 8.69. The number of sulfonamides is 1. The lowest BCUT2D eigenvalue weighted by Crippen LogP contribution is -2.31. The minimum Gasteiger partial charge on any atom is -0.505 e. The van der Waals surface area contributed by atoms with Gasteiger partial charge in [0.05, 0.1) is 77.8 Å². The van der Waals surface area contributed by atoms with Crippen molar-refractivity contribution in [2.24, 2.45) is 10.2 Å². The predicted molar refractivity (Wildman–Crippen MR) is 257 cm³/mol. The van der Waals surface area contributed by atoms with E-state index in [4.69, 9.17) is 25.8 Å². The number of hydrogen-bond donors (Lipinski definition) is 3. The van der Waals surface area contributed by atoms with E-state index in [2.05, 4.69) is 15.5 Å². The Morgan fingerprint density at radius 3 is 1.75 bits per heavy atom. The van der Waals surface area contributed by atoms with Gasteiger partial charge >= 0.3 is 0 Å². The number of nitrogens with zero attached hydrogens (tertiary/aromatic N) is 5. The second-order valence-electron chi connectivity index (χ2n) is 15.8. The van der Waals surface area contributed by atoms with Gasteiger partial charge in [0.2, 0.25) is 10.0 Å². The SMILES string of the molecule is CCN(CC)S(=O)(=O)c1ccc(OC)c(N=Nc2c(O)c(C(=O)Nc3cc(Cl)c(OC)cc3OC)c(CN3C(=O)c4ccccc4C3=O)c3c(S(=O)(=O)O)c(CN4C(=O)c5ccccc5C4=O)ccc23)c1. The van der Waals surface area contributed by atoms with Crippen molar-refractivity contribution in [2.45, 2.75) is 36.7 Å². The Kier molecular flexibility index (Phi) is 13.4.